The maximum Gasteiger partial charge on any atom is 0.331 e. The molecule has 0 N–H and O–H groups in total. The molecule has 0 radical (unpaired) electrons. The minimum atomic E-state index is -0.602. The fraction of sp³-hybridized carbons (Fsp3) is 0.143. The Hall–Kier alpha value is -1.85. The standard InChI is InChI=1S/C14H11ClO4S/c1-9-2-3-10(19-9)4-7-14(17)18-8-11(16)12-5-6-13(15)20-12/h2-7H,8H2,1H3. The van der Waals surface area contributed by atoms with Gasteiger partial charge in [0.2, 0.25) is 5.78 Å². The molecule has 0 aliphatic carbocycles. The van der Waals surface area contributed by atoms with Crippen LogP contribution < -0.4 is 0 Å². The second-order valence-electron chi connectivity index (χ2n) is 3.92. The summed E-state index contributed by atoms with van der Waals surface area (Å²) in [6, 6.07) is 6.75. The lowest BCUT2D eigenvalue weighted by molar-refractivity contribution is -0.136. The summed E-state index contributed by atoms with van der Waals surface area (Å²) >= 11 is 6.88. The summed E-state index contributed by atoms with van der Waals surface area (Å²) in [6.45, 7) is 1.50. The number of carbonyl (C=O) groups is 2. The highest BCUT2D eigenvalue weighted by Crippen LogP contribution is 2.21. The first-order valence-electron chi connectivity index (χ1n) is 5.74. The average molecular weight is 311 g/mol. The Kier molecular flexibility index (Phi) is 4.76. The molecule has 0 aromatic carbocycles. The highest BCUT2D eigenvalue weighted by atomic mass is 35.5. The molecule has 0 aliphatic heterocycles. The predicted molar refractivity (Wildman–Crippen MR) is 77.1 cm³/mol. The average Bonchev–Trinajstić information content (AvgIpc) is 3.02. The Morgan fingerprint density at radius 2 is 2.15 bits per heavy atom. The molecule has 0 unspecified atom stereocenters. The van der Waals surface area contributed by atoms with Crippen molar-refractivity contribution in [1.82, 2.24) is 0 Å². The third-order valence-electron chi connectivity index (χ3n) is 2.34. The van der Waals surface area contributed by atoms with Crippen LogP contribution in [0.25, 0.3) is 6.08 Å². The van der Waals surface area contributed by atoms with E-state index in [1.165, 1.54) is 12.2 Å². The monoisotopic (exact) mass is 310 g/mol. The number of ketones is 1. The zero-order valence-corrected chi connectivity index (χ0v) is 12.2. The van der Waals surface area contributed by atoms with Crippen molar-refractivity contribution >= 4 is 40.8 Å². The predicted octanol–water partition coefficient (Wildman–Crippen LogP) is 3.74. The number of carbonyl (C=O) groups excluding carboxylic acids is 2. The van der Waals surface area contributed by atoms with E-state index in [2.05, 4.69) is 0 Å². The van der Waals surface area contributed by atoms with Crippen LogP contribution >= 0.6 is 22.9 Å². The molecule has 6 heteroatoms. The van der Waals surface area contributed by atoms with Crippen molar-refractivity contribution in [1.29, 1.82) is 0 Å². The fourth-order valence-electron chi connectivity index (χ4n) is 1.41. The Labute approximate surface area is 124 Å². The molecule has 0 atom stereocenters. The van der Waals surface area contributed by atoms with E-state index in [0.29, 0.717) is 15.0 Å². The smallest absolute Gasteiger partial charge is 0.331 e. The van der Waals surface area contributed by atoms with Gasteiger partial charge in [-0.25, -0.2) is 4.79 Å². The number of esters is 1. The molecule has 0 bridgehead atoms. The third kappa shape index (κ3) is 4.08. The number of Topliss-reactive ketones (excluding diaryl/α,β-unsaturated/α-hetero) is 1. The van der Waals surface area contributed by atoms with Crippen LogP contribution in [0.1, 0.15) is 21.2 Å². The van der Waals surface area contributed by atoms with Gasteiger partial charge in [-0.3, -0.25) is 4.79 Å². The second-order valence-corrected chi connectivity index (χ2v) is 5.63. The Morgan fingerprint density at radius 1 is 1.35 bits per heavy atom. The molecule has 4 nitrogen and oxygen atoms in total. The number of aryl methyl sites for hydroxylation is 1. The van der Waals surface area contributed by atoms with E-state index in [0.717, 1.165) is 17.1 Å². The van der Waals surface area contributed by atoms with Crippen molar-refractivity contribution in [2.45, 2.75) is 6.92 Å². The summed E-state index contributed by atoms with van der Waals surface area (Å²) in [6.07, 6.45) is 2.70. The van der Waals surface area contributed by atoms with E-state index >= 15 is 0 Å². The van der Waals surface area contributed by atoms with E-state index < -0.39 is 5.97 Å². The van der Waals surface area contributed by atoms with Crippen LogP contribution in [0.3, 0.4) is 0 Å². The number of halogens is 1. The van der Waals surface area contributed by atoms with Crippen molar-refractivity contribution in [2.75, 3.05) is 6.61 Å². The molecule has 2 heterocycles. The van der Waals surface area contributed by atoms with Crippen molar-refractivity contribution in [3.63, 3.8) is 0 Å². The summed E-state index contributed by atoms with van der Waals surface area (Å²) in [5, 5.41) is 0. The molecule has 0 saturated heterocycles. The first kappa shape index (κ1) is 14.6. The number of ether oxygens (including phenoxy) is 1. The van der Waals surface area contributed by atoms with Crippen molar-refractivity contribution in [2.24, 2.45) is 0 Å². The maximum atomic E-state index is 11.7. The van der Waals surface area contributed by atoms with Gasteiger partial charge in [-0.2, -0.15) is 0 Å². The van der Waals surface area contributed by atoms with Gasteiger partial charge in [0.25, 0.3) is 0 Å². The molecular weight excluding hydrogens is 300 g/mol. The van der Waals surface area contributed by atoms with Crippen LogP contribution in [-0.4, -0.2) is 18.4 Å². The number of rotatable bonds is 5. The van der Waals surface area contributed by atoms with E-state index in [1.807, 2.05) is 0 Å². The topological polar surface area (TPSA) is 56.5 Å². The first-order valence-corrected chi connectivity index (χ1v) is 6.94. The van der Waals surface area contributed by atoms with Gasteiger partial charge in [0.1, 0.15) is 11.5 Å². The van der Waals surface area contributed by atoms with Crippen LogP contribution in [0.15, 0.2) is 34.8 Å². The zero-order valence-electron chi connectivity index (χ0n) is 10.6. The summed E-state index contributed by atoms with van der Waals surface area (Å²) in [7, 11) is 0. The summed E-state index contributed by atoms with van der Waals surface area (Å²) in [4.78, 5) is 23.6. The summed E-state index contributed by atoms with van der Waals surface area (Å²) in [5.74, 6) is 0.422. The highest BCUT2D eigenvalue weighted by Gasteiger charge is 2.10. The van der Waals surface area contributed by atoms with Crippen molar-refractivity contribution in [3.8, 4) is 0 Å². The van der Waals surface area contributed by atoms with Gasteiger partial charge >= 0.3 is 5.97 Å². The van der Waals surface area contributed by atoms with Crippen LogP contribution in [-0.2, 0) is 9.53 Å². The van der Waals surface area contributed by atoms with E-state index in [4.69, 9.17) is 20.8 Å². The first-order chi connectivity index (χ1) is 9.54. The minimum Gasteiger partial charge on any atom is -0.462 e. The van der Waals surface area contributed by atoms with Gasteiger partial charge in [-0.05, 0) is 37.3 Å². The number of thiophene rings is 1. The quantitative estimate of drug-likeness (QED) is 0.479. The van der Waals surface area contributed by atoms with E-state index in [-0.39, 0.29) is 12.4 Å². The molecule has 20 heavy (non-hydrogen) atoms. The van der Waals surface area contributed by atoms with Crippen LogP contribution in [0.4, 0.5) is 0 Å². The van der Waals surface area contributed by atoms with Gasteiger partial charge in [0.05, 0.1) is 9.21 Å². The lowest BCUT2D eigenvalue weighted by Crippen LogP contribution is -2.11. The van der Waals surface area contributed by atoms with Crippen LogP contribution in [0.2, 0.25) is 4.34 Å². The molecular formula is C14H11ClO4S. The zero-order chi connectivity index (χ0) is 14.5. The molecule has 2 aromatic heterocycles. The molecule has 0 amide bonds. The Bertz CT molecular complexity index is 654. The minimum absolute atomic E-state index is 0.280. The lowest BCUT2D eigenvalue weighted by Gasteiger charge is -1.98. The number of furan rings is 1. The normalized spacial score (nSPS) is 10.9. The van der Waals surface area contributed by atoms with Gasteiger partial charge < -0.3 is 9.15 Å². The maximum absolute atomic E-state index is 11.7. The highest BCUT2D eigenvalue weighted by molar-refractivity contribution is 7.18. The molecule has 0 aliphatic rings. The second kappa shape index (κ2) is 6.54. The third-order valence-corrected chi connectivity index (χ3v) is 3.61. The van der Waals surface area contributed by atoms with Crippen molar-refractivity contribution < 1.29 is 18.7 Å². The van der Waals surface area contributed by atoms with Crippen LogP contribution in [0, 0.1) is 6.92 Å². The number of hydrogen-bond donors (Lipinski definition) is 0. The molecule has 2 rings (SSSR count). The molecule has 0 spiro atoms. The van der Waals surface area contributed by atoms with E-state index in [1.54, 1.807) is 31.2 Å². The van der Waals surface area contributed by atoms with E-state index in [9.17, 15) is 9.59 Å². The Morgan fingerprint density at radius 3 is 2.75 bits per heavy atom. The van der Waals surface area contributed by atoms with Gasteiger partial charge in [-0.15, -0.1) is 11.3 Å². The van der Waals surface area contributed by atoms with Crippen LogP contribution in [0.5, 0.6) is 0 Å². The number of hydrogen-bond acceptors (Lipinski definition) is 5. The molecule has 2 aromatic rings. The molecule has 0 saturated carbocycles. The molecule has 104 valence electrons. The fourth-order valence-corrected chi connectivity index (χ4v) is 2.38. The largest absolute Gasteiger partial charge is 0.462 e. The molecule has 0 fully saturated rings. The SMILES string of the molecule is Cc1ccc(C=CC(=O)OCC(=O)c2ccc(Cl)s2)o1. The Balaban J connectivity index is 1.83. The lowest BCUT2D eigenvalue weighted by atomic mass is 10.3. The van der Waals surface area contributed by atoms with Gasteiger partial charge in [-0.1, -0.05) is 11.6 Å². The van der Waals surface area contributed by atoms with Crippen molar-refractivity contribution in [3.05, 3.63) is 51.1 Å². The van der Waals surface area contributed by atoms with Gasteiger partial charge in [0, 0.05) is 6.08 Å². The van der Waals surface area contributed by atoms with Gasteiger partial charge in [0.15, 0.2) is 6.61 Å². The summed E-state index contributed by atoms with van der Waals surface area (Å²) < 4.78 is 10.6. The summed E-state index contributed by atoms with van der Waals surface area (Å²) in [5.41, 5.74) is 0.